The molecule has 176 valence electrons. The van der Waals surface area contributed by atoms with Crippen LogP contribution in [0.5, 0.6) is 5.75 Å². The summed E-state index contributed by atoms with van der Waals surface area (Å²) in [4.78, 5) is 14.2. The molecule has 1 saturated heterocycles. The van der Waals surface area contributed by atoms with Crippen molar-refractivity contribution in [3.8, 4) is 17.1 Å². The highest BCUT2D eigenvalue weighted by atomic mass is 16.5. The maximum absolute atomic E-state index is 5.68. The van der Waals surface area contributed by atoms with Crippen LogP contribution in [0.4, 0.5) is 5.82 Å². The Morgan fingerprint density at radius 3 is 2.85 bits per heavy atom. The number of nitrogens with one attached hydrogen (secondary N) is 1. The van der Waals surface area contributed by atoms with Crippen LogP contribution in [0, 0.1) is 12.3 Å². The van der Waals surface area contributed by atoms with Crippen LogP contribution in [0.3, 0.4) is 0 Å². The number of aryl methyl sites for hydroxylation is 2. The number of rotatable bonds is 7. The fraction of sp³-hybridized carbons (Fsp3) is 0.400. The minimum Gasteiger partial charge on any atom is -0.496 e. The van der Waals surface area contributed by atoms with Crippen LogP contribution < -0.4 is 10.1 Å². The first-order chi connectivity index (χ1) is 16.5. The molecule has 1 aromatic carbocycles. The molecule has 4 aromatic rings. The van der Waals surface area contributed by atoms with Crippen molar-refractivity contribution in [2.75, 3.05) is 32.2 Å². The zero-order valence-electron chi connectivity index (χ0n) is 20.0. The molecule has 1 N–H and O–H groups in total. The van der Waals surface area contributed by atoms with E-state index in [2.05, 4.69) is 32.4 Å². The Labute approximate surface area is 198 Å². The molecule has 0 bridgehead atoms. The first-order valence-corrected chi connectivity index (χ1v) is 11.4. The summed E-state index contributed by atoms with van der Waals surface area (Å²) in [5.74, 6) is 3.04. The average molecular weight is 460 g/mol. The van der Waals surface area contributed by atoms with Gasteiger partial charge in [-0.1, -0.05) is 19.1 Å². The van der Waals surface area contributed by atoms with Gasteiger partial charge in [0.2, 0.25) is 0 Å². The number of fused-ring (bicyclic) bond motifs is 1. The van der Waals surface area contributed by atoms with Crippen molar-refractivity contribution in [1.29, 1.82) is 0 Å². The minimum absolute atomic E-state index is 0.104. The first kappa shape index (κ1) is 22.2. The number of hydrogen-bond donors (Lipinski definition) is 1. The number of methoxy groups -OCH3 is 1. The molecular weight excluding hydrogens is 430 g/mol. The minimum atomic E-state index is 0.104. The van der Waals surface area contributed by atoms with Crippen molar-refractivity contribution in [3.63, 3.8) is 0 Å². The van der Waals surface area contributed by atoms with Crippen LogP contribution in [0.2, 0.25) is 0 Å². The van der Waals surface area contributed by atoms with Gasteiger partial charge in [-0.3, -0.25) is 0 Å². The lowest BCUT2D eigenvalue weighted by atomic mass is 9.90. The number of ether oxygens (including phenoxy) is 2. The van der Waals surface area contributed by atoms with E-state index in [1.807, 2.05) is 49.1 Å². The summed E-state index contributed by atoms with van der Waals surface area (Å²) in [7, 11) is 3.59. The van der Waals surface area contributed by atoms with Crippen LogP contribution in [-0.2, 0) is 18.2 Å². The monoisotopic (exact) mass is 459 g/mol. The number of nitrogens with zero attached hydrogens (tertiary/aromatic N) is 6. The van der Waals surface area contributed by atoms with Gasteiger partial charge in [0.15, 0.2) is 11.6 Å². The molecule has 0 amide bonds. The Hall–Kier alpha value is -3.59. The number of benzene rings is 1. The average Bonchev–Trinajstić information content (AvgIpc) is 3.47. The Morgan fingerprint density at radius 1 is 1.24 bits per heavy atom. The van der Waals surface area contributed by atoms with Crippen LogP contribution in [0.15, 0.2) is 36.9 Å². The Bertz CT molecular complexity index is 1330. The third-order valence-electron chi connectivity index (χ3n) is 6.46. The summed E-state index contributed by atoms with van der Waals surface area (Å²) < 4.78 is 13.2. The zero-order chi connectivity index (χ0) is 23.7. The summed E-state index contributed by atoms with van der Waals surface area (Å²) in [6.07, 6.45) is 7.02. The highest BCUT2D eigenvalue weighted by Gasteiger charge is 2.29. The molecule has 1 aliphatic heterocycles. The van der Waals surface area contributed by atoms with Gasteiger partial charge in [-0.05, 0) is 25.0 Å². The maximum Gasteiger partial charge on any atom is 0.163 e. The highest BCUT2D eigenvalue weighted by Crippen LogP contribution is 2.30. The van der Waals surface area contributed by atoms with Crippen LogP contribution >= 0.6 is 0 Å². The number of aromatic nitrogens is 6. The topological polar surface area (TPSA) is 99.9 Å². The van der Waals surface area contributed by atoms with E-state index in [4.69, 9.17) is 14.5 Å². The third-order valence-corrected chi connectivity index (χ3v) is 6.46. The van der Waals surface area contributed by atoms with Gasteiger partial charge in [0, 0.05) is 60.9 Å². The molecule has 1 aliphatic rings. The predicted molar refractivity (Wildman–Crippen MR) is 130 cm³/mol. The predicted octanol–water partition coefficient (Wildman–Crippen LogP) is 3.57. The normalized spacial score (nSPS) is 17.9. The van der Waals surface area contributed by atoms with Crippen molar-refractivity contribution < 1.29 is 9.47 Å². The van der Waals surface area contributed by atoms with Gasteiger partial charge >= 0.3 is 0 Å². The van der Waals surface area contributed by atoms with Crippen molar-refractivity contribution >= 4 is 16.7 Å². The lowest BCUT2D eigenvalue weighted by Gasteiger charge is -2.22. The van der Waals surface area contributed by atoms with E-state index in [-0.39, 0.29) is 5.41 Å². The molecule has 1 unspecified atom stereocenters. The second-order valence-corrected chi connectivity index (χ2v) is 9.27. The second kappa shape index (κ2) is 8.98. The molecule has 9 heteroatoms. The summed E-state index contributed by atoms with van der Waals surface area (Å²) in [5, 5.41) is 12.7. The fourth-order valence-corrected chi connectivity index (χ4v) is 4.28. The third kappa shape index (κ3) is 4.31. The lowest BCUT2D eigenvalue weighted by Crippen LogP contribution is -2.27. The summed E-state index contributed by atoms with van der Waals surface area (Å²) in [6, 6.07) is 6.03. The van der Waals surface area contributed by atoms with Crippen LogP contribution in [0.1, 0.15) is 30.3 Å². The van der Waals surface area contributed by atoms with Gasteiger partial charge < -0.3 is 19.4 Å². The summed E-state index contributed by atoms with van der Waals surface area (Å²) in [6.45, 7) is 6.62. The molecule has 5 rings (SSSR count). The van der Waals surface area contributed by atoms with Gasteiger partial charge in [0.1, 0.15) is 23.4 Å². The van der Waals surface area contributed by atoms with E-state index in [9.17, 15) is 0 Å². The lowest BCUT2D eigenvalue weighted by molar-refractivity contribution is 0.164. The van der Waals surface area contributed by atoms with Gasteiger partial charge in [0.05, 0.1) is 13.7 Å². The number of pyridine rings is 1. The first-order valence-electron chi connectivity index (χ1n) is 11.4. The molecule has 1 fully saturated rings. The SMILES string of the molecule is COc1cc(-c2nncn2C)ccc1Cc1ncc2c(C)cnc(NCC3(C)CCOC3)c2n1. The van der Waals surface area contributed by atoms with E-state index in [1.54, 1.807) is 13.4 Å². The van der Waals surface area contributed by atoms with Crippen molar-refractivity contribution in [3.05, 3.63) is 53.9 Å². The fourth-order valence-electron chi connectivity index (χ4n) is 4.28. The molecule has 4 heterocycles. The molecule has 0 saturated carbocycles. The molecular formula is C25H29N7O2. The van der Waals surface area contributed by atoms with Gasteiger partial charge in [0.25, 0.3) is 0 Å². The summed E-state index contributed by atoms with van der Waals surface area (Å²) >= 11 is 0. The molecule has 0 aliphatic carbocycles. The Balaban J connectivity index is 1.44. The quantitative estimate of drug-likeness (QED) is 0.448. The van der Waals surface area contributed by atoms with Crippen LogP contribution in [-0.4, -0.2) is 56.6 Å². The zero-order valence-corrected chi connectivity index (χ0v) is 20.0. The van der Waals surface area contributed by atoms with E-state index < -0.39 is 0 Å². The maximum atomic E-state index is 5.68. The largest absolute Gasteiger partial charge is 0.496 e. The molecule has 34 heavy (non-hydrogen) atoms. The Kier molecular flexibility index (Phi) is 5.87. The second-order valence-electron chi connectivity index (χ2n) is 9.27. The number of anilines is 1. The van der Waals surface area contributed by atoms with Crippen molar-refractivity contribution in [2.24, 2.45) is 12.5 Å². The van der Waals surface area contributed by atoms with Gasteiger partial charge in [-0.25, -0.2) is 15.0 Å². The number of hydrogen-bond acceptors (Lipinski definition) is 8. The summed E-state index contributed by atoms with van der Waals surface area (Å²) in [5.41, 5.74) is 3.93. The van der Waals surface area contributed by atoms with Crippen molar-refractivity contribution in [1.82, 2.24) is 29.7 Å². The van der Waals surface area contributed by atoms with Crippen LogP contribution in [0.25, 0.3) is 22.3 Å². The molecule has 3 aromatic heterocycles. The van der Waals surface area contributed by atoms with E-state index in [1.165, 1.54) is 0 Å². The van der Waals surface area contributed by atoms with Crippen molar-refractivity contribution in [2.45, 2.75) is 26.7 Å². The van der Waals surface area contributed by atoms with E-state index in [0.717, 1.165) is 71.2 Å². The van der Waals surface area contributed by atoms with Gasteiger partial charge in [-0.2, -0.15) is 0 Å². The van der Waals surface area contributed by atoms with E-state index >= 15 is 0 Å². The Morgan fingerprint density at radius 2 is 2.12 bits per heavy atom. The van der Waals surface area contributed by atoms with E-state index in [0.29, 0.717) is 12.2 Å². The smallest absolute Gasteiger partial charge is 0.163 e. The molecule has 1 atom stereocenters. The molecule has 9 nitrogen and oxygen atoms in total. The standard InChI is InChI=1S/C25H29N7O2/c1-16-11-27-23(28-13-25(2)7-8-34-14-25)22-19(16)12-26-21(30-22)10-17-5-6-18(9-20(17)33-4)24-31-29-15-32(24)3/h5-6,9,11-12,15H,7-8,10,13-14H2,1-4H3,(H,27,28). The molecule has 0 radical (unpaired) electrons. The highest BCUT2D eigenvalue weighted by molar-refractivity contribution is 5.89. The van der Waals surface area contributed by atoms with Gasteiger partial charge in [-0.15, -0.1) is 10.2 Å². The molecule has 0 spiro atoms.